The average molecular weight is 455 g/mol. The van der Waals surface area contributed by atoms with E-state index in [0.29, 0.717) is 18.0 Å². The number of nitrogens with one attached hydrogen (secondary N) is 1. The maximum Gasteiger partial charge on any atom is 0.416 e. The Kier molecular flexibility index (Phi) is 7.04. The molecule has 1 fully saturated rings. The molecule has 3 rings (SSSR count). The first kappa shape index (κ1) is 23.3. The van der Waals surface area contributed by atoms with Gasteiger partial charge in [0.25, 0.3) is 5.91 Å². The molecule has 2 aromatic carbocycles. The van der Waals surface area contributed by atoms with E-state index >= 15 is 0 Å². The van der Waals surface area contributed by atoms with E-state index in [2.05, 4.69) is 5.32 Å². The van der Waals surface area contributed by atoms with E-state index in [1.807, 2.05) is 0 Å². The Morgan fingerprint density at radius 3 is 2.29 bits per heavy atom. The summed E-state index contributed by atoms with van der Waals surface area (Å²) in [5.74, 6) is -0.0573. The van der Waals surface area contributed by atoms with Crippen molar-refractivity contribution in [3.8, 4) is 5.75 Å². The van der Waals surface area contributed by atoms with Crippen LogP contribution >= 0.6 is 11.6 Å². The molecule has 0 atom stereocenters. The SMILES string of the molecule is COc1cc(N)c(Cl)cc1C(=O)NCC1(c2ccc(C(F)(F)F)cc2)CCCCCC1. The highest BCUT2D eigenvalue weighted by atomic mass is 35.5. The maximum absolute atomic E-state index is 13.0. The van der Waals surface area contributed by atoms with Gasteiger partial charge in [0.05, 0.1) is 28.9 Å². The van der Waals surface area contributed by atoms with Gasteiger partial charge in [0.1, 0.15) is 5.75 Å². The predicted molar refractivity (Wildman–Crippen MR) is 116 cm³/mol. The Bertz CT molecular complexity index is 922. The number of nitrogens with two attached hydrogens (primary N) is 1. The average Bonchev–Trinajstić information content (AvgIpc) is 2.99. The molecule has 1 saturated carbocycles. The van der Waals surface area contributed by atoms with E-state index in [9.17, 15) is 18.0 Å². The van der Waals surface area contributed by atoms with E-state index in [1.54, 1.807) is 12.1 Å². The third kappa shape index (κ3) is 5.26. The second kappa shape index (κ2) is 9.39. The standard InChI is InChI=1S/C23H26ClF3N2O2/c1-31-20-13-19(28)18(24)12-17(20)21(30)29-14-22(10-4-2-3-5-11-22)15-6-8-16(9-7-15)23(25,26)27/h6-9,12-13H,2-5,10-11,14,28H2,1H3,(H,29,30). The van der Waals surface area contributed by atoms with Crippen molar-refractivity contribution < 1.29 is 22.7 Å². The fourth-order valence-corrected chi connectivity index (χ4v) is 4.41. The third-order valence-electron chi connectivity index (χ3n) is 6.04. The van der Waals surface area contributed by atoms with Gasteiger partial charge >= 0.3 is 6.18 Å². The van der Waals surface area contributed by atoms with Crippen LogP contribution in [0.4, 0.5) is 18.9 Å². The summed E-state index contributed by atoms with van der Waals surface area (Å²) in [5.41, 5.74) is 6.06. The molecule has 0 bridgehead atoms. The molecule has 1 aliphatic rings. The number of carbonyl (C=O) groups excluding carboxylic acids is 1. The molecule has 0 spiro atoms. The second-order valence-corrected chi connectivity index (χ2v) is 8.43. The van der Waals surface area contributed by atoms with Gasteiger partial charge in [-0.2, -0.15) is 13.2 Å². The molecule has 0 saturated heterocycles. The van der Waals surface area contributed by atoms with Crippen LogP contribution in [0.15, 0.2) is 36.4 Å². The summed E-state index contributed by atoms with van der Waals surface area (Å²) < 4.78 is 44.3. The van der Waals surface area contributed by atoms with E-state index in [-0.39, 0.29) is 16.5 Å². The van der Waals surface area contributed by atoms with Crippen molar-refractivity contribution in [1.82, 2.24) is 5.32 Å². The van der Waals surface area contributed by atoms with E-state index in [4.69, 9.17) is 22.1 Å². The highest BCUT2D eigenvalue weighted by molar-refractivity contribution is 6.33. The highest BCUT2D eigenvalue weighted by Gasteiger charge is 2.35. The van der Waals surface area contributed by atoms with Gasteiger partial charge in [-0.05, 0) is 36.6 Å². The van der Waals surface area contributed by atoms with Gasteiger partial charge in [0.15, 0.2) is 0 Å². The van der Waals surface area contributed by atoms with Gasteiger partial charge in [-0.3, -0.25) is 4.79 Å². The Hall–Kier alpha value is -2.41. The lowest BCUT2D eigenvalue weighted by molar-refractivity contribution is -0.137. The molecule has 3 N–H and O–H groups in total. The van der Waals surface area contributed by atoms with Crippen LogP contribution in [-0.2, 0) is 11.6 Å². The molecule has 31 heavy (non-hydrogen) atoms. The first-order valence-electron chi connectivity index (χ1n) is 10.3. The van der Waals surface area contributed by atoms with E-state index in [1.165, 1.54) is 19.2 Å². The van der Waals surface area contributed by atoms with Crippen molar-refractivity contribution in [2.45, 2.75) is 50.1 Å². The lowest BCUT2D eigenvalue weighted by atomic mass is 9.74. The van der Waals surface area contributed by atoms with Gasteiger partial charge < -0.3 is 15.8 Å². The third-order valence-corrected chi connectivity index (χ3v) is 6.36. The van der Waals surface area contributed by atoms with Crippen molar-refractivity contribution >= 4 is 23.2 Å². The molecule has 168 valence electrons. The molecule has 2 aromatic rings. The monoisotopic (exact) mass is 454 g/mol. The highest BCUT2D eigenvalue weighted by Crippen LogP contribution is 2.39. The number of hydrogen-bond acceptors (Lipinski definition) is 3. The van der Waals surface area contributed by atoms with Gasteiger partial charge in [-0.15, -0.1) is 0 Å². The van der Waals surface area contributed by atoms with Crippen LogP contribution in [0.5, 0.6) is 5.75 Å². The van der Waals surface area contributed by atoms with Gasteiger partial charge in [0.2, 0.25) is 0 Å². The molecule has 0 radical (unpaired) electrons. The number of ether oxygens (including phenoxy) is 1. The van der Waals surface area contributed by atoms with Crippen LogP contribution in [0.3, 0.4) is 0 Å². The molecule has 4 nitrogen and oxygen atoms in total. The van der Waals surface area contributed by atoms with Gasteiger partial charge in [0, 0.05) is 18.0 Å². The van der Waals surface area contributed by atoms with Crippen LogP contribution in [-0.4, -0.2) is 19.6 Å². The quantitative estimate of drug-likeness (QED) is 0.432. The number of alkyl halides is 3. The Morgan fingerprint density at radius 1 is 1.13 bits per heavy atom. The van der Waals surface area contributed by atoms with Crippen molar-refractivity contribution in [2.75, 3.05) is 19.4 Å². The summed E-state index contributed by atoms with van der Waals surface area (Å²) in [5, 5.41) is 3.21. The molecule has 1 amide bonds. The minimum Gasteiger partial charge on any atom is -0.496 e. The zero-order valence-corrected chi connectivity index (χ0v) is 18.1. The lowest BCUT2D eigenvalue weighted by Crippen LogP contribution is -2.40. The lowest BCUT2D eigenvalue weighted by Gasteiger charge is -2.34. The van der Waals surface area contributed by atoms with Crippen molar-refractivity contribution in [1.29, 1.82) is 0 Å². The Labute approximate surface area is 184 Å². The summed E-state index contributed by atoms with van der Waals surface area (Å²) >= 11 is 6.08. The molecule has 0 aromatic heterocycles. The number of anilines is 1. The number of hydrogen-bond donors (Lipinski definition) is 2. The number of rotatable bonds is 5. The first-order chi connectivity index (χ1) is 14.7. The molecule has 0 aliphatic heterocycles. The minimum atomic E-state index is -4.38. The zero-order valence-electron chi connectivity index (χ0n) is 17.3. The first-order valence-corrected chi connectivity index (χ1v) is 10.6. The number of carbonyl (C=O) groups is 1. The topological polar surface area (TPSA) is 64.3 Å². The van der Waals surface area contributed by atoms with Crippen molar-refractivity contribution in [3.63, 3.8) is 0 Å². The van der Waals surface area contributed by atoms with Crippen molar-refractivity contribution in [3.05, 3.63) is 58.1 Å². The number of nitrogen functional groups attached to an aromatic ring is 1. The van der Waals surface area contributed by atoms with Crippen LogP contribution in [0.1, 0.15) is 60.0 Å². The largest absolute Gasteiger partial charge is 0.496 e. The van der Waals surface area contributed by atoms with Crippen LogP contribution in [0, 0.1) is 0 Å². The summed E-state index contributed by atoms with van der Waals surface area (Å²) in [6.07, 6.45) is 1.24. The zero-order chi connectivity index (χ0) is 22.6. The van der Waals surface area contributed by atoms with Gasteiger partial charge in [-0.25, -0.2) is 0 Å². The van der Waals surface area contributed by atoms with Crippen LogP contribution in [0.25, 0.3) is 0 Å². The molecule has 8 heteroatoms. The summed E-state index contributed by atoms with van der Waals surface area (Å²) in [7, 11) is 1.44. The number of methoxy groups -OCH3 is 1. The fourth-order valence-electron chi connectivity index (χ4n) is 4.25. The maximum atomic E-state index is 13.0. The Morgan fingerprint density at radius 2 is 1.74 bits per heavy atom. The molecular formula is C23H26ClF3N2O2. The summed E-state index contributed by atoms with van der Waals surface area (Å²) in [6.45, 7) is 0.308. The minimum absolute atomic E-state index is 0.248. The molecular weight excluding hydrogens is 429 g/mol. The summed E-state index contributed by atoms with van der Waals surface area (Å²) in [6, 6.07) is 8.28. The Balaban J connectivity index is 1.87. The molecule has 0 unspecified atom stereocenters. The normalized spacial score (nSPS) is 16.4. The number of amides is 1. The van der Waals surface area contributed by atoms with E-state index in [0.717, 1.165) is 56.2 Å². The van der Waals surface area contributed by atoms with Crippen molar-refractivity contribution in [2.24, 2.45) is 0 Å². The van der Waals surface area contributed by atoms with E-state index < -0.39 is 17.2 Å². The van der Waals surface area contributed by atoms with Crippen LogP contribution in [0.2, 0.25) is 5.02 Å². The molecule has 1 aliphatic carbocycles. The number of benzene rings is 2. The molecule has 0 heterocycles. The smallest absolute Gasteiger partial charge is 0.416 e. The fraction of sp³-hybridized carbons (Fsp3) is 0.435. The van der Waals surface area contributed by atoms with Gasteiger partial charge in [-0.1, -0.05) is 49.4 Å². The summed E-state index contributed by atoms with van der Waals surface area (Å²) in [4.78, 5) is 12.9. The number of halogens is 4. The predicted octanol–water partition coefficient (Wildman–Crippen LogP) is 5.97. The van der Waals surface area contributed by atoms with Crippen LogP contribution < -0.4 is 15.8 Å². The second-order valence-electron chi connectivity index (χ2n) is 8.03.